The molecule has 2 atom stereocenters. The van der Waals surface area contributed by atoms with Gasteiger partial charge in [0.25, 0.3) is 5.78 Å². The Bertz CT molecular complexity index is 1350. The van der Waals surface area contributed by atoms with Crippen LogP contribution >= 0.6 is 0 Å². The van der Waals surface area contributed by atoms with Crippen LogP contribution in [-0.2, 0) is 40.1 Å². The van der Waals surface area contributed by atoms with E-state index >= 15 is 0 Å². The van der Waals surface area contributed by atoms with Crippen molar-refractivity contribution < 1.29 is 14.3 Å². The number of hydrogen-bond donors (Lipinski definition) is 0. The molecule has 0 bridgehead atoms. The van der Waals surface area contributed by atoms with Crippen LogP contribution in [0.3, 0.4) is 0 Å². The van der Waals surface area contributed by atoms with Crippen molar-refractivity contribution in [3.05, 3.63) is 70.1 Å². The highest BCUT2D eigenvalue weighted by Gasteiger charge is 2.51. The van der Waals surface area contributed by atoms with Gasteiger partial charge >= 0.3 is 5.97 Å². The van der Waals surface area contributed by atoms with Crippen LogP contribution < -0.4 is 0 Å². The second kappa shape index (κ2) is 10.4. The van der Waals surface area contributed by atoms with E-state index in [1.807, 2.05) is 19.2 Å². The minimum Gasteiger partial charge on any atom is -0.458 e. The number of ketones is 1. The Balaban J connectivity index is 1.34. The molecule has 0 radical (unpaired) electrons. The van der Waals surface area contributed by atoms with Crippen molar-refractivity contribution in [1.29, 1.82) is 0 Å². The summed E-state index contributed by atoms with van der Waals surface area (Å²) >= 11 is 0. The number of ether oxygens (including phenoxy) is 1. The highest BCUT2D eigenvalue weighted by Crippen LogP contribution is 2.45. The Hall–Kier alpha value is -3.60. The third-order valence-corrected chi connectivity index (χ3v) is 8.04. The van der Waals surface area contributed by atoms with Gasteiger partial charge in [-0.2, -0.15) is 4.98 Å². The van der Waals surface area contributed by atoms with Crippen molar-refractivity contribution in [3.63, 3.8) is 0 Å². The summed E-state index contributed by atoms with van der Waals surface area (Å²) in [6.45, 7) is 11.6. The third kappa shape index (κ3) is 5.13. The van der Waals surface area contributed by atoms with Crippen LogP contribution in [0.5, 0.6) is 0 Å². The minimum absolute atomic E-state index is 0.0761. The number of hydrogen-bond acceptors (Lipinski definition) is 6. The van der Waals surface area contributed by atoms with Crippen molar-refractivity contribution in [1.82, 2.24) is 19.6 Å². The molecule has 0 spiro atoms. The summed E-state index contributed by atoms with van der Waals surface area (Å²) in [7, 11) is 0. The van der Waals surface area contributed by atoms with Gasteiger partial charge in [0, 0.05) is 30.8 Å². The van der Waals surface area contributed by atoms with Crippen molar-refractivity contribution in [2.24, 2.45) is 11.8 Å². The molecule has 5 rings (SSSR count). The summed E-state index contributed by atoms with van der Waals surface area (Å²) in [5, 5.41) is 4.43. The lowest BCUT2D eigenvalue weighted by atomic mass is 9.73. The lowest BCUT2D eigenvalue weighted by molar-refractivity contribution is -0.185. The molecule has 1 aliphatic carbocycles. The summed E-state index contributed by atoms with van der Waals surface area (Å²) in [5.41, 5.74) is 3.61. The van der Waals surface area contributed by atoms with Gasteiger partial charge in [-0.1, -0.05) is 38.0 Å². The third-order valence-electron chi connectivity index (χ3n) is 8.04. The number of benzene rings is 1. The SMILES string of the molecule is [C-]#[N+]Cc1ccc(CCC2(C3CCCC3)CC(=O)C(Cc3nc4ncc(C)cn4n3)C(=O)O2)cc1CC. The molecule has 2 aromatic heterocycles. The highest BCUT2D eigenvalue weighted by molar-refractivity contribution is 6.01. The molecule has 8 nitrogen and oxygen atoms in total. The van der Waals surface area contributed by atoms with E-state index in [9.17, 15) is 9.59 Å². The smallest absolute Gasteiger partial charge is 0.317 e. The maximum absolute atomic E-state index is 13.5. The fourth-order valence-electron chi connectivity index (χ4n) is 6.02. The monoisotopic (exact) mass is 499 g/mol. The molecule has 2 unspecified atom stereocenters. The average Bonchev–Trinajstić information content (AvgIpc) is 3.56. The number of Topliss-reactive ketones (excluding diaryl/α,β-unsaturated/α-hetero) is 1. The summed E-state index contributed by atoms with van der Waals surface area (Å²) in [6.07, 6.45) is 10.3. The van der Waals surface area contributed by atoms with Crippen LogP contribution in [0, 0.1) is 25.3 Å². The van der Waals surface area contributed by atoms with E-state index in [4.69, 9.17) is 11.3 Å². The number of carbonyl (C=O) groups is 2. The van der Waals surface area contributed by atoms with E-state index in [0.29, 0.717) is 24.6 Å². The first-order valence-electron chi connectivity index (χ1n) is 13.3. The largest absolute Gasteiger partial charge is 0.458 e. The van der Waals surface area contributed by atoms with E-state index in [0.717, 1.165) is 55.2 Å². The zero-order valence-electron chi connectivity index (χ0n) is 21.6. The van der Waals surface area contributed by atoms with Crippen molar-refractivity contribution in [3.8, 4) is 0 Å². The van der Waals surface area contributed by atoms with E-state index < -0.39 is 17.5 Å². The first-order valence-corrected chi connectivity index (χ1v) is 13.3. The van der Waals surface area contributed by atoms with Crippen LogP contribution in [0.15, 0.2) is 30.6 Å². The van der Waals surface area contributed by atoms with Gasteiger partial charge in [0.1, 0.15) is 11.5 Å². The fraction of sp³-hybridized carbons (Fsp3) is 0.517. The zero-order valence-corrected chi connectivity index (χ0v) is 21.6. The van der Waals surface area contributed by atoms with Crippen molar-refractivity contribution >= 4 is 17.5 Å². The van der Waals surface area contributed by atoms with Gasteiger partial charge in [0.2, 0.25) is 6.54 Å². The van der Waals surface area contributed by atoms with Gasteiger partial charge in [-0.25, -0.2) is 16.1 Å². The van der Waals surface area contributed by atoms with Crippen LogP contribution in [0.1, 0.15) is 73.5 Å². The number of fused-ring (bicyclic) bond motifs is 1. The van der Waals surface area contributed by atoms with E-state index in [2.05, 4.69) is 39.0 Å². The van der Waals surface area contributed by atoms with Gasteiger partial charge in [0.05, 0.1) is 0 Å². The molecule has 192 valence electrons. The lowest BCUT2D eigenvalue weighted by Gasteiger charge is -2.43. The zero-order chi connectivity index (χ0) is 26.0. The summed E-state index contributed by atoms with van der Waals surface area (Å²) in [5.74, 6) is -0.332. The fourth-order valence-corrected chi connectivity index (χ4v) is 6.02. The molecule has 1 aliphatic heterocycles. The maximum Gasteiger partial charge on any atom is 0.317 e. The molecule has 2 fully saturated rings. The number of rotatable bonds is 8. The van der Waals surface area contributed by atoms with Crippen LogP contribution in [0.2, 0.25) is 0 Å². The van der Waals surface area contributed by atoms with Gasteiger partial charge in [-0.15, -0.1) is 5.10 Å². The normalized spacial score (nSPS) is 22.4. The number of carbonyl (C=O) groups excluding carboxylic acids is 2. The molecular formula is C29H33N5O3. The quantitative estimate of drug-likeness (QED) is 0.255. The summed E-state index contributed by atoms with van der Waals surface area (Å²) < 4.78 is 7.85. The van der Waals surface area contributed by atoms with Crippen LogP contribution in [0.4, 0.5) is 0 Å². The average molecular weight is 500 g/mol. The number of cyclic esters (lactones) is 1. The van der Waals surface area contributed by atoms with Crippen molar-refractivity contribution in [2.45, 2.75) is 83.8 Å². The molecular weight excluding hydrogens is 466 g/mol. The summed E-state index contributed by atoms with van der Waals surface area (Å²) in [4.78, 5) is 39.0. The number of aromatic nitrogens is 4. The molecule has 3 aromatic rings. The van der Waals surface area contributed by atoms with Crippen LogP contribution in [0.25, 0.3) is 10.6 Å². The second-order valence-corrected chi connectivity index (χ2v) is 10.5. The Kier molecular flexibility index (Phi) is 7.05. The molecule has 3 heterocycles. The molecule has 1 aromatic carbocycles. The highest BCUT2D eigenvalue weighted by atomic mass is 16.6. The predicted octanol–water partition coefficient (Wildman–Crippen LogP) is 4.65. The topological polar surface area (TPSA) is 90.8 Å². The Morgan fingerprint density at radius 3 is 2.76 bits per heavy atom. The van der Waals surface area contributed by atoms with Crippen LogP contribution in [-0.4, -0.2) is 36.9 Å². The van der Waals surface area contributed by atoms with Gasteiger partial charge in [0.15, 0.2) is 11.6 Å². The summed E-state index contributed by atoms with van der Waals surface area (Å²) in [6, 6.07) is 6.28. The number of aryl methyl sites for hydroxylation is 3. The van der Waals surface area contributed by atoms with E-state index in [1.165, 1.54) is 5.56 Å². The number of esters is 1. The Morgan fingerprint density at radius 1 is 1.22 bits per heavy atom. The maximum atomic E-state index is 13.5. The van der Waals surface area contributed by atoms with E-state index in [1.54, 1.807) is 10.7 Å². The molecule has 1 saturated carbocycles. The molecule has 2 aliphatic rings. The minimum atomic E-state index is -0.882. The first kappa shape index (κ1) is 25.1. The van der Waals surface area contributed by atoms with Gasteiger partial charge in [-0.05, 0) is 61.6 Å². The molecule has 8 heteroatoms. The molecule has 0 amide bonds. The predicted molar refractivity (Wildman–Crippen MR) is 138 cm³/mol. The molecule has 1 saturated heterocycles. The first-order chi connectivity index (χ1) is 17.9. The van der Waals surface area contributed by atoms with Gasteiger partial charge in [-0.3, -0.25) is 9.59 Å². The molecule has 37 heavy (non-hydrogen) atoms. The lowest BCUT2D eigenvalue weighted by Crippen LogP contribution is -2.52. The van der Waals surface area contributed by atoms with Crippen molar-refractivity contribution in [2.75, 3.05) is 0 Å². The number of nitrogens with zero attached hydrogens (tertiary/aromatic N) is 5. The molecule has 0 N–H and O–H groups in total. The second-order valence-electron chi connectivity index (χ2n) is 10.5. The standard InChI is InChI=1S/C29H33N5O3/c1-4-21-13-20(9-10-22(21)17-30-3)11-12-29(23-7-5-6-8-23)15-25(35)24(27(36)37-29)14-26-32-28-31-16-19(2)18-34(28)33-26/h9-10,13,16,18,23-24H,4-8,11-12,14-15,17H2,1-2H3. The Labute approximate surface area is 217 Å². The van der Waals surface area contributed by atoms with E-state index in [-0.39, 0.29) is 24.5 Å². The Morgan fingerprint density at radius 2 is 2.03 bits per heavy atom. The van der Waals surface area contributed by atoms with Gasteiger partial charge < -0.3 is 9.58 Å².